The highest BCUT2D eigenvalue weighted by molar-refractivity contribution is 5.79. The number of hydrogen-bond donors (Lipinski definition) is 2. The Kier molecular flexibility index (Phi) is 7.29. The minimum Gasteiger partial charge on any atom is -0.497 e. The van der Waals surface area contributed by atoms with E-state index in [9.17, 15) is 0 Å². The number of methoxy groups -OCH3 is 1. The normalized spacial score (nSPS) is 11.5. The summed E-state index contributed by atoms with van der Waals surface area (Å²) in [5.74, 6) is 1.65. The lowest BCUT2D eigenvalue weighted by molar-refractivity contribution is 0.400. The third kappa shape index (κ3) is 6.12. The second-order valence-corrected chi connectivity index (χ2v) is 6.13. The standard InChI is InChI=1S/C20H28N4O/c1-21-20(22-13-16-9-11-19(25-4)12-10-16)23-14-17-7-5-6-8-18(17)15-24(2)3/h5-12H,13-15H2,1-4H3,(H2,21,22,23). The average Bonchev–Trinajstić information content (AvgIpc) is 2.63. The fourth-order valence-corrected chi connectivity index (χ4v) is 2.55. The molecule has 0 aliphatic carbocycles. The molecular formula is C20H28N4O. The first-order chi connectivity index (χ1) is 12.1. The van der Waals surface area contributed by atoms with Crippen molar-refractivity contribution < 1.29 is 4.74 Å². The average molecular weight is 340 g/mol. The van der Waals surface area contributed by atoms with Crippen molar-refractivity contribution in [2.24, 2.45) is 4.99 Å². The molecule has 2 aromatic rings. The fourth-order valence-electron chi connectivity index (χ4n) is 2.55. The maximum absolute atomic E-state index is 5.18. The molecule has 2 rings (SSSR count). The van der Waals surface area contributed by atoms with Gasteiger partial charge < -0.3 is 20.3 Å². The Morgan fingerprint density at radius 2 is 1.60 bits per heavy atom. The van der Waals surface area contributed by atoms with Crippen LogP contribution in [-0.2, 0) is 19.6 Å². The largest absolute Gasteiger partial charge is 0.497 e. The second-order valence-electron chi connectivity index (χ2n) is 6.13. The lowest BCUT2D eigenvalue weighted by Crippen LogP contribution is -2.36. The topological polar surface area (TPSA) is 48.9 Å². The number of guanidine groups is 1. The van der Waals surface area contributed by atoms with Gasteiger partial charge in [-0.3, -0.25) is 4.99 Å². The number of rotatable bonds is 7. The molecule has 0 saturated carbocycles. The highest BCUT2D eigenvalue weighted by atomic mass is 16.5. The van der Waals surface area contributed by atoms with E-state index in [2.05, 4.69) is 58.9 Å². The van der Waals surface area contributed by atoms with Gasteiger partial charge in [-0.1, -0.05) is 36.4 Å². The molecule has 0 atom stereocenters. The molecule has 134 valence electrons. The van der Waals surface area contributed by atoms with Gasteiger partial charge in [0.1, 0.15) is 5.75 Å². The molecule has 0 aromatic heterocycles. The summed E-state index contributed by atoms with van der Waals surface area (Å²) in [4.78, 5) is 6.48. The van der Waals surface area contributed by atoms with Gasteiger partial charge in [0.2, 0.25) is 0 Å². The van der Waals surface area contributed by atoms with Crippen LogP contribution in [0.5, 0.6) is 5.75 Å². The van der Waals surface area contributed by atoms with Crippen LogP contribution in [0.4, 0.5) is 0 Å². The smallest absolute Gasteiger partial charge is 0.191 e. The van der Waals surface area contributed by atoms with Crippen molar-refractivity contribution in [3.8, 4) is 5.75 Å². The first-order valence-corrected chi connectivity index (χ1v) is 8.41. The molecule has 0 aliphatic heterocycles. The molecule has 0 bridgehead atoms. The first-order valence-electron chi connectivity index (χ1n) is 8.41. The van der Waals surface area contributed by atoms with E-state index < -0.39 is 0 Å². The third-order valence-corrected chi connectivity index (χ3v) is 3.89. The molecule has 0 fully saturated rings. The van der Waals surface area contributed by atoms with Gasteiger partial charge in [-0.2, -0.15) is 0 Å². The van der Waals surface area contributed by atoms with Crippen molar-refractivity contribution in [1.29, 1.82) is 0 Å². The van der Waals surface area contributed by atoms with Crippen LogP contribution in [0.1, 0.15) is 16.7 Å². The van der Waals surface area contributed by atoms with Crippen LogP contribution < -0.4 is 15.4 Å². The van der Waals surface area contributed by atoms with E-state index in [0.717, 1.165) is 24.8 Å². The Bertz CT molecular complexity index is 680. The summed E-state index contributed by atoms with van der Waals surface area (Å²) in [6, 6.07) is 16.5. The van der Waals surface area contributed by atoms with Gasteiger partial charge in [-0.05, 0) is 42.9 Å². The highest BCUT2D eigenvalue weighted by Gasteiger charge is 2.04. The van der Waals surface area contributed by atoms with Crippen molar-refractivity contribution in [2.75, 3.05) is 28.3 Å². The lowest BCUT2D eigenvalue weighted by Gasteiger charge is -2.16. The zero-order chi connectivity index (χ0) is 18.1. The maximum atomic E-state index is 5.18. The molecular weight excluding hydrogens is 312 g/mol. The van der Waals surface area contributed by atoms with Crippen molar-refractivity contribution in [3.05, 3.63) is 65.2 Å². The van der Waals surface area contributed by atoms with Gasteiger partial charge >= 0.3 is 0 Å². The van der Waals surface area contributed by atoms with Gasteiger partial charge in [0, 0.05) is 26.7 Å². The summed E-state index contributed by atoms with van der Waals surface area (Å²) >= 11 is 0. The Hall–Kier alpha value is -2.53. The third-order valence-electron chi connectivity index (χ3n) is 3.89. The van der Waals surface area contributed by atoms with Crippen molar-refractivity contribution in [3.63, 3.8) is 0 Å². The lowest BCUT2D eigenvalue weighted by atomic mass is 10.1. The van der Waals surface area contributed by atoms with Gasteiger partial charge in [0.25, 0.3) is 0 Å². The van der Waals surface area contributed by atoms with Gasteiger partial charge in [-0.15, -0.1) is 0 Å². The van der Waals surface area contributed by atoms with Crippen LogP contribution >= 0.6 is 0 Å². The molecule has 0 amide bonds. The Balaban J connectivity index is 1.90. The Morgan fingerprint density at radius 1 is 0.960 bits per heavy atom. The van der Waals surface area contributed by atoms with Crippen molar-refractivity contribution >= 4 is 5.96 Å². The molecule has 5 heteroatoms. The number of nitrogens with zero attached hydrogens (tertiary/aromatic N) is 2. The molecule has 0 heterocycles. The molecule has 2 N–H and O–H groups in total. The summed E-state index contributed by atoms with van der Waals surface area (Å²) in [7, 11) is 7.63. The van der Waals surface area contributed by atoms with E-state index in [4.69, 9.17) is 4.74 Å². The maximum Gasteiger partial charge on any atom is 0.191 e. The molecule has 0 aliphatic rings. The number of nitrogens with one attached hydrogen (secondary N) is 2. The SMILES string of the molecule is CN=C(NCc1ccc(OC)cc1)NCc1ccccc1CN(C)C. The second kappa shape index (κ2) is 9.69. The molecule has 0 unspecified atom stereocenters. The van der Waals surface area contributed by atoms with E-state index in [1.807, 2.05) is 24.3 Å². The quantitative estimate of drug-likeness (QED) is 0.601. The van der Waals surface area contributed by atoms with Crippen LogP contribution in [0, 0.1) is 0 Å². The number of ether oxygens (including phenoxy) is 1. The highest BCUT2D eigenvalue weighted by Crippen LogP contribution is 2.11. The van der Waals surface area contributed by atoms with E-state index in [-0.39, 0.29) is 0 Å². The minimum absolute atomic E-state index is 0.711. The summed E-state index contributed by atoms with van der Waals surface area (Å²) in [5.41, 5.74) is 3.78. The van der Waals surface area contributed by atoms with E-state index >= 15 is 0 Å². The van der Waals surface area contributed by atoms with Crippen LogP contribution in [0.25, 0.3) is 0 Å². The van der Waals surface area contributed by atoms with Crippen LogP contribution in [0.15, 0.2) is 53.5 Å². The van der Waals surface area contributed by atoms with E-state index in [1.54, 1.807) is 14.2 Å². The predicted octanol–water partition coefficient (Wildman–Crippen LogP) is 2.62. The summed E-state index contributed by atoms with van der Waals surface area (Å²) in [5, 5.41) is 6.73. The predicted molar refractivity (Wildman–Crippen MR) is 104 cm³/mol. The van der Waals surface area contributed by atoms with Crippen molar-refractivity contribution in [1.82, 2.24) is 15.5 Å². The molecule has 25 heavy (non-hydrogen) atoms. The molecule has 2 aromatic carbocycles. The first kappa shape index (κ1) is 18.8. The number of aliphatic imine (C=N–C) groups is 1. The van der Waals surface area contributed by atoms with Crippen LogP contribution in [-0.4, -0.2) is 39.1 Å². The minimum atomic E-state index is 0.711. The molecule has 5 nitrogen and oxygen atoms in total. The molecule has 0 spiro atoms. The van der Waals surface area contributed by atoms with Crippen molar-refractivity contribution in [2.45, 2.75) is 19.6 Å². The summed E-state index contributed by atoms with van der Waals surface area (Å²) < 4.78 is 5.18. The number of benzene rings is 2. The zero-order valence-corrected chi connectivity index (χ0v) is 15.5. The fraction of sp³-hybridized carbons (Fsp3) is 0.350. The van der Waals surface area contributed by atoms with Gasteiger partial charge in [0.05, 0.1) is 7.11 Å². The summed E-state index contributed by atoms with van der Waals surface area (Å²) in [6.07, 6.45) is 0. The number of hydrogen-bond acceptors (Lipinski definition) is 3. The monoisotopic (exact) mass is 340 g/mol. The van der Waals surface area contributed by atoms with E-state index in [1.165, 1.54) is 16.7 Å². The Morgan fingerprint density at radius 3 is 2.20 bits per heavy atom. The van der Waals surface area contributed by atoms with E-state index in [0.29, 0.717) is 6.54 Å². The summed E-state index contributed by atoms with van der Waals surface area (Å²) in [6.45, 7) is 2.38. The molecule has 0 saturated heterocycles. The zero-order valence-electron chi connectivity index (χ0n) is 15.5. The van der Waals surface area contributed by atoms with Gasteiger partial charge in [-0.25, -0.2) is 0 Å². The molecule has 0 radical (unpaired) electrons. The van der Waals surface area contributed by atoms with Gasteiger partial charge in [0.15, 0.2) is 5.96 Å². The Labute approximate surface area is 150 Å². The van der Waals surface area contributed by atoms with Crippen LogP contribution in [0.2, 0.25) is 0 Å². The van der Waals surface area contributed by atoms with Crippen LogP contribution in [0.3, 0.4) is 0 Å².